The van der Waals surface area contributed by atoms with Gasteiger partial charge in [-0.05, 0) is 31.2 Å². The first-order valence-corrected chi connectivity index (χ1v) is 7.42. The lowest BCUT2D eigenvalue weighted by Crippen LogP contribution is -2.36. The first kappa shape index (κ1) is 14.3. The number of nitrogens with one attached hydrogen (secondary N) is 1. The molecule has 1 fully saturated rings. The zero-order valence-electron chi connectivity index (χ0n) is 11.7. The summed E-state index contributed by atoms with van der Waals surface area (Å²) in [7, 11) is 0. The van der Waals surface area contributed by atoms with Gasteiger partial charge in [0, 0.05) is 18.2 Å². The minimum Gasteiger partial charge on any atom is -0.505 e. The van der Waals surface area contributed by atoms with Crippen LogP contribution >= 0.6 is 0 Å². The van der Waals surface area contributed by atoms with Gasteiger partial charge < -0.3 is 10.4 Å². The topological polar surface area (TPSA) is 32.3 Å². The highest BCUT2D eigenvalue weighted by Crippen LogP contribution is 2.28. The quantitative estimate of drug-likeness (QED) is 0.844. The SMILES string of the molecule is CCC(NCc1cccc(F)c1O)C1CCCCC1. The van der Waals surface area contributed by atoms with E-state index in [9.17, 15) is 9.50 Å². The Morgan fingerprint density at radius 3 is 2.74 bits per heavy atom. The van der Waals surface area contributed by atoms with E-state index in [-0.39, 0.29) is 5.75 Å². The normalized spacial score (nSPS) is 18.4. The average molecular weight is 265 g/mol. The van der Waals surface area contributed by atoms with Gasteiger partial charge in [-0.3, -0.25) is 0 Å². The van der Waals surface area contributed by atoms with E-state index in [1.807, 2.05) is 0 Å². The summed E-state index contributed by atoms with van der Waals surface area (Å²) in [6.07, 6.45) is 7.68. The molecule has 1 aromatic carbocycles. The summed E-state index contributed by atoms with van der Waals surface area (Å²) in [5.74, 6) is -0.0204. The van der Waals surface area contributed by atoms with Gasteiger partial charge in [-0.1, -0.05) is 38.3 Å². The van der Waals surface area contributed by atoms with Gasteiger partial charge in [0.25, 0.3) is 0 Å². The Labute approximate surface area is 115 Å². The summed E-state index contributed by atoms with van der Waals surface area (Å²) in [6, 6.07) is 5.19. The molecule has 0 aliphatic heterocycles. The smallest absolute Gasteiger partial charge is 0.165 e. The van der Waals surface area contributed by atoms with E-state index >= 15 is 0 Å². The second kappa shape index (κ2) is 6.90. The van der Waals surface area contributed by atoms with Crippen LogP contribution in [-0.2, 0) is 6.54 Å². The van der Waals surface area contributed by atoms with Crippen molar-refractivity contribution in [3.05, 3.63) is 29.6 Å². The predicted molar refractivity (Wildman–Crippen MR) is 75.6 cm³/mol. The van der Waals surface area contributed by atoms with Gasteiger partial charge in [0.05, 0.1) is 0 Å². The molecular weight excluding hydrogens is 241 g/mol. The molecule has 1 saturated carbocycles. The minimum atomic E-state index is -0.537. The van der Waals surface area contributed by atoms with Crippen molar-refractivity contribution in [2.24, 2.45) is 5.92 Å². The third-order valence-electron chi connectivity index (χ3n) is 4.28. The van der Waals surface area contributed by atoms with Crippen LogP contribution in [0.25, 0.3) is 0 Å². The molecule has 1 aliphatic rings. The summed E-state index contributed by atoms with van der Waals surface area (Å²) >= 11 is 0. The van der Waals surface area contributed by atoms with Crippen LogP contribution in [0.1, 0.15) is 51.0 Å². The lowest BCUT2D eigenvalue weighted by atomic mass is 9.83. The first-order valence-electron chi connectivity index (χ1n) is 7.42. The summed E-state index contributed by atoms with van der Waals surface area (Å²) < 4.78 is 13.3. The molecule has 0 radical (unpaired) electrons. The van der Waals surface area contributed by atoms with Gasteiger partial charge in [-0.2, -0.15) is 0 Å². The van der Waals surface area contributed by atoms with Crippen LogP contribution in [0.15, 0.2) is 18.2 Å². The molecule has 0 aromatic heterocycles. The van der Waals surface area contributed by atoms with Crippen LogP contribution in [0, 0.1) is 11.7 Å². The molecule has 0 amide bonds. The monoisotopic (exact) mass is 265 g/mol. The molecule has 3 heteroatoms. The first-order chi connectivity index (χ1) is 9.22. The van der Waals surface area contributed by atoms with Crippen molar-refractivity contribution >= 4 is 0 Å². The van der Waals surface area contributed by atoms with Crippen LogP contribution in [0.4, 0.5) is 4.39 Å². The molecule has 0 saturated heterocycles. The maximum Gasteiger partial charge on any atom is 0.165 e. The Bertz CT molecular complexity index is 402. The molecule has 0 heterocycles. The van der Waals surface area contributed by atoms with Crippen LogP contribution in [0.3, 0.4) is 0 Å². The number of aromatic hydroxyl groups is 1. The number of hydrogen-bond acceptors (Lipinski definition) is 2. The lowest BCUT2D eigenvalue weighted by Gasteiger charge is -2.30. The lowest BCUT2D eigenvalue weighted by molar-refractivity contribution is 0.261. The summed E-state index contributed by atoms with van der Waals surface area (Å²) in [4.78, 5) is 0. The molecule has 1 aromatic rings. The standard InChI is InChI=1S/C16H24FNO/c1-2-15(12-7-4-3-5-8-12)18-11-13-9-6-10-14(17)16(13)19/h6,9-10,12,15,18-19H,2-5,7-8,11H2,1H3. The van der Waals surface area contributed by atoms with Crippen molar-refractivity contribution in [1.29, 1.82) is 0 Å². The second-order valence-corrected chi connectivity index (χ2v) is 5.54. The van der Waals surface area contributed by atoms with E-state index < -0.39 is 5.82 Å². The summed E-state index contributed by atoms with van der Waals surface area (Å²) in [5, 5.41) is 13.2. The molecule has 2 rings (SSSR count). The van der Waals surface area contributed by atoms with E-state index in [0.717, 1.165) is 12.3 Å². The molecule has 1 aliphatic carbocycles. The molecule has 1 unspecified atom stereocenters. The molecule has 2 N–H and O–H groups in total. The Balaban J connectivity index is 1.93. The number of phenolic OH excluding ortho intramolecular Hbond substituents is 1. The van der Waals surface area contributed by atoms with Gasteiger partial charge in [-0.25, -0.2) is 4.39 Å². The molecule has 0 spiro atoms. The predicted octanol–water partition coefficient (Wildman–Crippen LogP) is 3.98. The van der Waals surface area contributed by atoms with Crippen molar-refractivity contribution < 1.29 is 9.50 Å². The Morgan fingerprint density at radius 2 is 2.05 bits per heavy atom. The van der Waals surface area contributed by atoms with Crippen LogP contribution < -0.4 is 5.32 Å². The fourth-order valence-electron chi connectivity index (χ4n) is 3.12. The highest BCUT2D eigenvalue weighted by Gasteiger charge is 2.22. The van der Waals surface area contributed by atoms with Crippen molar-refractivity contribution in [3.63, 3.8) is 0 Å². The molecule has 1 atom stereocenters. The van der Waals surface area contributed by atoms with Crippen LogP contribution in [-0.4, -0.2) is 11.1 Å². The fourth-order valence-corrected chi connectivity index (χ4v) is 3.12. The Kier molecular flexibility index (Phi) is 5.20. The van der Waals surface area contributed by atoms with Gasteiger partial charge >= 0.3 is 0 Å². The number of rotatable bonds is 5. The van der Waals surface area contributed by atoms with Crippen LogP contribution in [0.2, 0.25) is 0 Å². The van der Waals surface area contributed by atoms with Crippen molar-refractivity contribution in [3.8, 4) is 5.75 Å². The highest BCUT2D eigenvalue weighted by molar-refractivity contribution is 5.33. The van der Waals surface area contributed by atoms with Gasteiger partial charge in [0.2, 0.25) is 0 Å². The number of phenols is 1. The molecule has 19 heavy (non-hydrogen) atoms. The second-order valence-electron chi connectivity index (χ2n) is 5.54. The minimum absolute atomic E-state index is 0.214. The maximum atomic E-state index is 13.3. The summed E-state index contributed by atoms with van der Waals surface area (Å²) in [6.45, 7) is 2.73. The number of para-hydroxylation sites is 1. The Morgan fingerprint density at radius 1 is 1.32 bits per heavy atom. The molecular formula is C16H24FNO. The highest BCUT2D eigenvalue weighted by atomic mass is 19.1. The summed E-state index contributed by atoms with van der Waals surface area (Å²) in [5.41, 5.74) is 0.647. The fraction of sp³-hybridized carbons (Fsp3) is 0.625. The zero-order valence-corrected chi connectivity index (χ0v) is 11.7. The van der Waals surface area contributed by atoms with Gasteiger partial charge in [0.1, 0.15) is 0 Å². The van der Waals surface area contributed by atoms with Crippen molar-refractivity contribution in [2.45, 2.75) is 58.0 Å². The largest absolute Gasteiger partial charge is 0.505 e. The maximum absolute atomic E-state index is 13.3. The molecule has 2 nitrogen and oxygen atoms in total. The van der Waals surface area contributed by atoms with Crippen molar-refractivity contribution in [1.82, 2.24) is 5.32 Å². The Hall–Kier alpha value is -1.09. The zero-order chi connectivity index (χ0) is 13.7. The van der Waals surface area contributed by atoms with Gasteiger partial charge in [0.15, 0.2) is 11.6 Å². The number of halogens is 1. The van der Waals surface area contributed by atoms with Crippen LogP contribution in [0.5, 0.6) is 5.75 Å². The number of benzene rings is 1. The number of hydrogen-bond donors (Lipinski definition) is 2. The van der Waals surface area contributed by atoms with E-state index in [2.05, 4.69) is 12.2 Å². The molecule has 0 bridgehead atoms. The average Bonchev–Trinajstić information content (AvgIpc) is 2.45. The van der Waals surface area contributed by atoms with Crippen molar-refractivity contribution in [2.75, 3.05) is 0 Å². The van der Waals surface area contributed by atoms with Gasteiger partial charge in [-0.15, -0.1) is 0 Å². The third kappa shape index (κ3) is 3.69. The van der Waals surface area contributed by atoms with E-state index in [0.29, 0.717) is 18.2 Å². The molecule has 106 valence electrons. The van der Waals surface area contributed by atoms with E-state index in [4.69, 9.17) is 0 Å². The van der Waals surface area contributed by atoms with E-state index in [1.54, 1.807) is 12.1 Å². The third-order valence-corrected chi connectivity index (χ3v) is 4.28. The van der Waals surface area contributed by atoms with E-state index in [1.165, 1.54) is 38.2 Å².